The van der Waals surface area contributed by atoms with Gasteiger partial charge in [-0.25, -0.2) is 9.97 Å². The van der Waals surface area contributed by atoms with E-state index in [1.165, 1.54) is 0 Å². The van der Waals surface area contributed by atoms with Gasteiger partial charge in [-0.2, -0.15) is 0 Å². The fraction of sp³-hybridized carbons (Fsp3) is 0.450. The minimum atomic E-state index is 0.0650. The Kier molecular flexibility index (Phi) is 5.07. The third kappa shape index (κ3) is 4.15. The monoisotopic (exact) mass is 370 g/mol. The molecular formula is C20H23ClN4O. The van der Waals surface area contributed by atoms with E-state index in [1.807, 2.05) is 36.4 Å². The average molecular weight is 371 g/mol. The van der Waals surface area contributed by atoms with Gasteiger partial charge < -0.3 is 10.2 Å². The first kappa shape index (κ1) is 17.3. The maximum absolute atomic E-state index is 12.4. The van der Waals surface area contributed by atoms with Crippen LogP contribution in [0.25, 0.3) is 0 Å². The molecule has 6 heteroatoms. The lowest BCUT2D eigenvalue weighted by molar-refractivity contribution is -0.125. The highest BCUT2D eigenvalue weighted by Crippen LogP contribution is 2.39. The van der Waals surface area contributed by atoms with Crippen molar-refractivity contribution in [3.05, 3.63) is 52.9 Å². The average Bonchev–Trinajstić information content (AvgIpc) is 3.52. The van der Waals surface area contributed by atoms with E-state index in [9.17, 15) is 4.79 Å². The first-order valence-electron chi connectivity index (χ1n) is 9.30. The van der Waals surface area contributed by atoms with Crippen molar-refractivity contribution in [2.75, 3.05) is 18.0 Å². The molecule has 0 radical (unpaired) electrons. The molecule has 1 saturated heterocycles. The van der Waals surface area contributed by atoms with E-state index >= 15 is 0 Å². The molecule has 2 fully saturated rings. The lowest BCUT2D eigenvalue weighted by Gasteiger charge is -2.32. The predicted molar refractivity (Wildman–Crippen MR) is 102 cm³/mol. The Hall–Kier alpha value is -2.14. The summed E-state index contributed by atoms with van der Waals surface area (Å²) in [5.74, 6) is 2.46. The van der Waals surface area contributed by atoms with Gasteiger partial charge in [0.05, 0.1) is 0 Å². The summed E-state index contributed by atoms with van der Waals surface area (Å²) in [4.78, 5) is 23.7. The number of halogens is 1. The molecular weight excluding hydrogens is 348 g/mol. The molecule has 2 aliphatic rings. The second kappa shape index (κ2) is 7.62. The standard InChI is InChI=1S/C20H23ClN4O/c21-17-12-18(24-19(23-17)15-6-7-15)25-10-8-16(9-11-25)20(26)22-13-14-4-2-1-3-5-14/h1-5,12,15-16H,6-11,13H2,(H,22,26). The van der Waals surface area contributed by atoms with Crippen LogP contribution in [-0.4, -0.2) is 29.0 Å². The van der Waals surface area contributed by atoms with Crippen LogP contribution in [-0.2, 0) is 11.3 Å². The Bertz CT molecular complexity index is 771. The van der Waals surface area contributed by atoms with E-state index in [4.69, 9.17) is 16.6 Å². The van der Waals surface area contributed by atoms with Gasteiger partial charge in [0.1, 0.15) is 16.8 Å². The fourth-order valence-corrected chi connectivity index (χ4v) is 3.59. The minimum Gasteiger partial charge on any atom is -0.356 e. The van der Waals surface area contributed by atoms with E-state index in [0.717, 1.165) is 56.0 Å². The summed E-state index contributed by atoms with van der Waals surface area (Å²) in [6.45, 7) is 2.23. The summed E-state index contributed by atoms with van der Waals surface area (Å²) in [7, 11) is 0. The molecule has 26 heavy (non-hydrogen) atoms. The molecule has 1 saturated carbocycles. The molecule has 1 aromatic carbocycles. The van der Waals surface area contributed by atoms with Crippen LogP contribution in [0.2, 0.25) is 5.15 Å². The summed E-state index contributed by atoms with van der Waals surface area (Å²) in [6, 6.07) is 11.8. The molecule has 0 spiro atoms. The van der Waals surface area contributed by atoms with Gasteiger partial charge >= 0.3 is 0 Å². The smallest absolute Gasteiger partial charge is 0.223 e. The first-order chi connectivity index (χ1) is 12.7. The van der Waals surface area contributed by atoms with E-state index in [-0.39, 0.29) is 11.8 Å². The predicted octanol–water partition coefficient (Wildman–Crippen LogP) is 3.54. The van der Waals surface area contributed by atoms with Crippen molar-refractivity contribution in [2.24, 2.45) is 5.92 Å². The second-order valence-electron chi connectivity index (χ2n) is 7.15. The largest absolute Gasteiger partial charge is 0.356 e. The lowest BCUT2D eigenvalue weighted by Crippen LogP contribution is -2.40. The normalized spacial score (nSPS) is 18.0. The van der Waals surface area contributed by atoms with Crippen molar-refractivity contribution < 1.29 is 4.79 Å². The topological polar surface area (TPSA) is 58.1 Å². The molecule has 0 unspecified atom stereocenters. The molecule has 2 aromatic rings. The second-order valence-corrected chi connectivity index (χ2v) is 7.53. The zero-order valence-corrected chi connectivity index (χ0v) is 15.5. The number of amides is 1. The van der Waals surface area contributed by atoms with Crippen molar-refractivity contribution in [1.29, 1.82) is 0 Å². The number of nitrogens with zero attached hydrogens (tertiary/aromatic N) is 3. The van der Waals surface area contributed by atoms with Gasteiger partial charge in [-0.1, -0.05) is 41.9 Å². The Balaban J connectivity index is 1.32. The number of benzene rings is 1. The van der Waals surface area contributed by atoms with Crippen LogP contribution in [0.3, 0.4) is 0 Å². The van der Waals surface area contributed by atoms with Crippen LogP contribution >= 0.6 is 11.6 Å². The van der Waals surface area contributed by atoms with E-state index in [1.54, 1.807) is 0 Å². The van der Waals surface area contributed by atoms with Crippen LogP contribution in [0.15, 0.2) is 36.4 Å². The molecule has 0 atom stereocenters. The zero-order chi connectivity index (χ0) is 17.9. The molecule has 0 bridgehead atoms. The number of hydrogen-bond acceptors (Lipinski definition) is 4. The van der Waals surface area contributed by atoms with Crippen molar-refractivity contribution in [3.63, 3.8) is 0 Å². The lowest BCUT2D eigenvalue weighted by atomic mass is 9.96. The number of rotatable bonds is 5. The molecule has 1 aliphatic heterocycles. The molecule has 1 amide bonds. The van der Waals surface area contributed by atoms with E-state index in [2.05, 4.69) is 15.2 Å². The van der Waals surface area contributed by atoms with Crippen molar-refractivity contribution in [1.82, 2.24) is 15.3 Å². The summed E-state index contributed by atoms with van der Waals surface area (Å²) in [5.41, 5.74) is 1.13. The maximum Gasteiger partial charge on any atom is 0.223 e. The van der Waals surface area contributed by atoms with Crippen LogP contribution in [0.1, 0.15) is 43.0 Å². The van der Waals surface area contributed by atoms with Crippen LogP contribution in [0.5, 0.6) is 0 Å². The molecule has 5 nitrogen and oxygen atoms in total. The van der Waals surface area contributed by atoms with Gasteiger partial charge in [-0.15, -0.1) is 0 Å². The van der Waals surface area contributed by atoms with Gasteiger partial charge in [-0.05, 0) is 31.2 Å². The zero-order valence-electron chi connectivity index (χ0n) is 14.7. The Morgan fingerprint density at radius 3 is 2.54 bits per heavy atom. The molecule has 2 heterocycles. The fourth-order valence-electron chi connectivity index (χ4n) is 3.41. The third-order valence-corrected chi connectivity index (χ3v) is 5.33. The molecule has 136 valence electrons. The summed E-state index contributed by atoms with van der Waals surface area (Å²) in [6.07, 6.45) is 3.98. The highest BCUT2D eigenvalue weighted by molar-refractivity contribution is 6.29. The number of piperidine rings is 1. The molecule has 4 rings (SSSR count). The van der Waals surface area contributed by atoms with Gasteiger partial charge in [0, 0.05) is 37.5 Å². The number of nitrogens with one attached hydrogen (secondary N) is 1. The van der Waals surface area contributed by atoms with Crippen LogP contribution in [0, 0.1) is 5.92 Å². The van der Waals surface area contributed by atoms with Crippen molar-refractivity contribution in [2.45, 2.75) is 38.1 Å². The summed E-state index contributed by atoms with van der Waals surface area (Å²) < 4.78 is 0. The quantitative estimate of drug-likeness (QED) is 0.818. The Labute approximate surface area is 158 Å². The molecule has 1 N–H and O–H groups in total. The highest BCUT2D eigenvalue weighted by atomic mass is 35.5. The minimum absolute atomic E-state index is 0.0650. The Morgan fingerprint density at radius 1 is 1.12 bits per heavy atom. The SMILES string of the molecule is O=C(NCc1ccccc1)C1CCN(c2cc(Cl)nc(C3CC3)n2)CC1. The summed E-state index contributed by atoms with van der Waals surface area (Å²) >= 11 is 6.18. The third-order valence-electron chi connectivity index (χ3n) is 5.14. The number of hydrogen-bond donors (Lipinski definition) is 1. The van der Waals surface area contributed by atoms with Crippen LogP contribution < -0.4 is 10.2 Å². The van der Waals surface area contributed by atoms with E-state index < -0.39 is 0 Å². The van der Waals surface area contributed by atoms with Gasteiger partial charge in [-0.3, -0.25) is 4.79 Å². The number of carbonyl (C=O) groups is 1. The van der Waals surface area contributed by atoms with Gasteiger partial charge in [0.25, 0.3) is 0 Å². The van der Waals surface area contributed by atoms with Crippen molar-refractivity contribution >= 4 is 23.3 Å². The molecule has 1 aromatic heterocycles. The van der Waals surface area contributed by atoms with Crippen molar-refractivity contribution in [3.8, 4) is 0 Å². The van der Waals surface area contributed by atoms with Gasteiger partial charge in [0.15, 0.2) is 0 Å². The number of anilines is 1. The van der Waals surface area contributed by atoms with E-state index in [0.29, 0.717) is 17.6 Å². The van der Waals surface area contributed by atoms with Crippen LogP contribution in [0.4, 0.5) is 5.82 Å². The molecule has 1 aliphatic carbocycles. The van der Waals surface area contributed by atoms with Gasteiger partial charge in [0.2, 0.25) is 5.91 Å². The number of carbonyl (C=O) groups excluding carboxylic acids is 1. The Morgan fingerprint density at radius 2 is 1.85 bits per heavy atom. The highest BCUT2D eigenvalue weighted by Gasteiger charge is 2.29. The summed E-state index contributed by atoms with van der Waals surface area (Å²) in [5, 5.41) is 3.57. The first-order valence-corrected chi connectivity index (χ1v) is 9.68. The number of aromatic nitrogens is 2. The maximum atomic E-state index is 12.4.